The first-order valence-electron chi connectivity index (χ1n) is 2.05. The Morgan fingerprint density at radius 1 is 2.00 bits per heavy atom. The minimum absolute atomic E-state index is 0.153. The van der Waals surface area contributed by atoms with E-state index >= 15 is 0 Å². The van der Waals surface area contributed by atoms with Crippen LogP contribution in [0.25, 0.3) is 0 Å². The number of esters is 1. The minimum Gasteiger partial charge on any atom is -0.468 e. The molecule has 0 spiro atoms. The maximum Gasteiger partial charge on any atom is 0.325 e. The van der Waals surface area contributed by atoms with Gasteiger partial charge in [0.2, 0.25) is 0 Å². The van der Waals surface area contributed by atoms with E-state index in [1.807, 2.05) is 0 Å². The number of thiocarbonyl (C=S) groups is 1. The third-order valence-electron chi connectivity index (χ3n) is 0.557. The highest BCUT2D eigenvalue weighted by Gasteiger charge is 1.93. The second-order valence-electron chi connectivity index (χ2n) is 1.07. The number of methoxy groups -OCH3 is 1. The van der Waals surface area contributed by atoms with Crippen molar-refractivity contribution in [2.24, 2.45) is 0 Å². The summed E-state index contributed by atoms with van der Waals surface area (Å²) in [4.78, 5) is 10.2. The summed E-state index contributed by atoms with van der Waals surface area (Å²) >= 11 is 4.37. The molecule has 0 unspecified atom stereocenters. The van der Waals surface area contributed by atoms with E-state index in [-0.39, 0.29) is 12.5 Å². The average molecular weight is 133 g/mol. The van der Waals surface area contributed by atoms with Crippen LogP contribution in [0, 0.1) is 0 Å². The van der Waals surface area contributed by atoms with Gasteiger partial charge in [0, 0.05) is 0 Å². The predicted molar refractivity (Wildman–Crippen MR) is 33.7 cm³/mol. The number of hydrogen-bond acceptors (Lipinski definition) is 3. The van der Waals surface area contributed by atoms with Crippen molar-refractivity contribution in [1.29, 1.82) is 0 Å². The van der Waals surface area contributed by atoms with Crippen molar-refractivity contribution in [3.05, 3.63) is 0 Å². The monoisotopic (exact) mass is 133 g/mol. The third kappa shape index (κ3) is 3.55. The molecule has 0 aliphatic heterocycles. The second kappa shape index (κ2) is 4.52. The van der Waals surface area contributed by atoms with Crippen LogP contribution in [0.1, 0.15) is 0 Å². The third-order valence-corrected chi connectivity index (χ3v) is 0.724. The summed E-state index contributed by atoms with van der Waals surface area (Å²) in [5, 5.41) is 2.51. The topological polar surface area (TPSA) is 38.3 Å². The van der Waals surface area contributed by atoms with Gasteiger partial charge in [-0.1, -0.05) is 12.2 Å². The van der Waals surface area contributed by atoms with E-state index in [1.165, 1.54) is 12.6 Å². The van der Waals surface area contributed by atoms with Gasteiger partial charge in [-0.3, -0.25) is 4.79 Å². The first-order chi connectivity index (χ1) is 3.81. The smallest absolute Gasteiger partial charge is 0.325 e. The van der Waals surface area contributed by atoms with Gasteiger partial charge in [0.15, 0.2) is 0 Å². The molecular weight excluding hydrogens is 126 g/mol. The number of ether oxygens (including phenoxy) is 1. The molecular formula is C4H7NO2S. The first-order valence-corrected chi connectivity index (χ1v) is 2.52. The fraction of sp³-hybridized carbons (Fsp3) is 0.500. The van der Waals surface area contributed by atoms with Crippen LogP contribution in [0.3, 0.4) is 0 Å². The van der Waals surface area contributed by atoms with Crippen LogP contribution >= 0.6 is 12.2 Å². The molecule has 0 aliphatic carbocycles. The molecule has 0 aromatic rings. The fourth-order valence-electron chi connectivity index (χ4n) is 0.197. The number of hydrogen-bond donors (Lipinski definition) is 1. The van der Waals surface area contributed by atoms with E-state index in [1.54, 1.807) is 0 Å². The summed E-state index contributed by atoms with van der Waals surface area (Å²) in [6.45, 7) is 0.153. The van der Waals surface area contributed by atoms with Gasteiger partial charge in [0.25, 0.3) is 0 Å². The zero-order chi connectivity index (χ0) is 6.41. The van der Waals surface area contributed by atoms with Crippen molar-refractivity contribution in [2.45, 2.75) is 0 Å². The summed E-state index contributed by atoms with van der Waals surface area (Å²) in [5.74, 6) is -0.314. The van der Waals surface area contributed by atoms with Gasteiger partial charge in [-0.15, -0.1) is 0 Å². The fourth-order valence-corrected chi connectivity index (χ4v) is 0.281. The van der Waals surface area contributed by atoms with Crippen molar-refractivity contribution < 1.29 is 9.53 Å². The van der Waals surface area contributed by atoms with E-state index in [9.17, 15) is 4.79 Å². The van der Waals surface area contributed by atoms with E-state index < -0.39 is 0 Å². The van der Waals surface area contributed by atoms with Crippen LogP contribution in [-0.4, -0.2) is 25.1 Å². The SMILES string of the molecule is COC(=O)CNC=S. The lowest BCUT2D eigenvalue weighted by Gasteiger charge is -1.94. The Morgan fingerprint density at radius 2 is 2.62 bits per heavy atom. The number of nitrogens with one attached hydrogen (secondary N) is 1. The molecule has 1 N–H and O–H groups in total. The summed E-state index contributed by atoms with van der Waals surface area (Å²) in [6.07, 6.45) is 0. The first kappa shape index (κ1) is 7.36. The molecule has 0 bridgehead atoms. The van der Waals surface area contributed by atoms with E-state index in [2.05, 4.69) is 22.3 Å². The lowest BCUT2D eigenvalue weighted by molar-refractivity contribution is -0.139. The van der Waals surface area contributed by atoms with Crippen LogP contribution in [0.5, 0.6) is 0 Å². The summed E-state index contributed by atoms with van der Waals surface area (Å²) in [7, 11) is 1.33. The molecule has 0 radical (unpaired) electrons. The Balaban J connectivity index is 3.11. The van der Waals surface area contributed by atoms with Gasteiger partial charge in [-0.25, -0.2) is 0 Å². The van der Waals surface area contributed by atoms with Crippen molar-refractivity contribution in [3.8, 4) is 0 Å². The second-order valence-corrected chi connectivity index (χ2v) is 1.31. The standard InChI is InChI=1S/C4H7NO2S/c1-7-4(6)2-5-3-8/h3H,2H2,1H3,(H,5,8). The van der Waals surface area contributed by atoms with Crippen LogP contribution < -0.4 is 5.32 Å². The van der Waals surface area contributed by atoms with Crippen LogP contribution in [0.2, 0.25) is 0 Å². The number of carbonyl (C=O) groups is 1. The van der Waals surface area contributed by atoms with E-state index in [0.29, 0.717) is 0 Å². The van der Waals surface area contributed by atoms with Crippen molar-refractivity contribution in [2.75, 3.05) is 13.7 Å². The molecule has 3 nitrogen and oxygen atoms in total. The highest BCUT2D eigenvalue weighted by Crippen LogP contribution is 1.65. The highest BCUT2D eigenvalue weighted by atomic mass is 32.1. The largest absolute Gasteiger partial charge is 0.468 e. The lowest BCUT2D eigenvalue weighted by Crippen LogP contribution is -2.21. The molecule has 4 heteroatoms. The summed E-state index contributed by atoms with van der Waals surface area (Å²) in [6, 6.07) is 0. The molecule has 0 saturated carbocycles. The van der Waals surface area contributed by atoms with E-state index in [0.717, 1.165) is 0 Å². The zero-order valence-corrected chi connectivity index (χ0v) is 5.33. The quantitative estimate of drug-likeness (QED) is 0.424. The molecule has 0 aromatic carbocycles. The van der Waals surface area contributed by atoms with Crippen molar-refractivity contribution >= 4 is 23.7 Å². The van der Waals surface area contributed by atoms with Crippen LogP contribution in [-0.2, 0) is 9.53 Å². The minimum atomic E-state index is -0.314. The Labute approximate surface area is 53.0 Å². The van der Waals surface area contributed by atoms with Gasteiger partial charge < -0.3 is 10.1 Å². The average Bonchev–Trinajstić information content (AvgIpc) is 1.83. The van der Waals surface area contributed by atoms with Crippen molar-refractivity contribution in [1.82, 2.24) is 5.32 Å². The van der Waals surface area contributed by atoms with Gasteiger partial charge in [-0.05, 0) is 0 Å². The van der Waals surface area contributed by atoms with Crippen LogP contribution in [0.15, 0.2) is 0 Å². The van der Waals surface area contributed by atoms with Gasteiger partial charge >= 0.3 is 5.97 Å². The molecule has 0 aliphatic rings. The zero-order valence-electron chi connectivity index (χ0n) is 4.51. The molecule has 8 heavy (non-hydrogen) atoms. The number of rotatable bonds is 3. The summed E-state index contributed by atoms with van der Waals surface area (Å²) < 4.78 is 4.28. The molecule has 0 amide bonds. The Hall–Kier alpha value is -0.640. The normalized spacial score (nSPS) is 7.62. The summed E-state index contributed by atoms with van der Waals surface area (Å²) in [5.41, 5.74) is 1.27. The van der Waals surface area contributed by atoms with Crippen LogP contribution in [0.4, 0.5) is 0 Å². The number of carbonyl (C=O) groups excluding carboxylic acids is 1. The Bertz CT molecular complexity index is 94.0. The maximum atomic E-state index is 10.2. The lowest BCUT2D eigenvalue weighted by atomic mass is 10.7. The Kier molecular flexibility index (Phi) is 4.16. The van der Waals surface area contributed by atoms with Gasteiger partial charge in [0.05, 0.1) is 12.6 Å². The molecule has 0 aromatic heterocycles. The highest BCUT2D eigenvalue weighted by molar-refractivity contribution is 7.78. The van der Waals surface area contributed by atoms with Gasteiger partial charge in [-0.2, -0.15) is 0 Å². The molecule has 0 atom stereocenters. The van der Waals surface area contributed by atoms with E-state index in [4.69, 9.17) is 0 Å². The van der Waals surface area contributed by atoms with Crippen molar-refractivity contribution in [3.63, 3.8) is 0 Å². The maximum absolute atomic E-state index is 10.2. The molecule has 0 fully saturated rings. The Morgan fingerprint density at radius 3 is 3.00 bits per heavy atom. The molecule has 46 valence electrons. The molecule has 0 saturated heterocycles. The molecule has 0 heterocycles. The predicted octanol–water partition coefficient (Wildman–Crippen LogP) is -0.294. The van der Waals surface area contributed by atoms with Gasteiger partial charge in [0.1, 0.15) is 6.54 Å². The molecule has 0 rings (SSSR count).